The van der Waals surface area contributed by atoms with Crippen molar-refractivity contribution in [2.45, 2.75) is 31.9 Å². The second-order valence-electron chi connectivity index (χ2n) is 5.00. The molecule has 1 unspecified atom stereocenters. The summed E-state index contributed by atoms with van der Waals surface area (Å²) in [6.07, 6.45) is 2.85. The molecule has 0 aliphatic carbocycles. The van der Waals surface area contributed by atoms with Crippen molar-refractivity contribution in [1.82, 2.24) is 10.2 Å². The summed E-state index contributed by atoms with van der Waals surface area (Å²) in [5.74, 6) is 2.14. The topological polar surface area (TPSA) is 15.3 Å². The molecule has 90 valence electrons. The molecule has 15 heavy (non-hydrogen) atoms. The quantitative estimate of drug-likeness (QED) is 0.674. The van der Waals surface area contributed by atoms with Crippen LogP contribution in [0.1, 0.15) is 26.7 Å². The molecule has 1 heterocycles. The summed E-state index contributed by atoms with van der Waals surface area (Å²) in [7, 11) is 2.25. The first kappa shape index (κ1) is 13.3. The summed E-state index contributed by atoms with van der Waals surface area (Å²) in [6, 6.07) is 0. The minimum absolute atomic E-state index is 0.765. The fourth-order valence-corrected chi connectivity index (χ4v) is 3.25. The molecule has 0 bridgehead atoms. The maximum atomic E-state index is 3.49. The fraction of sp³-hybridized carbons (Fsp3) is 1.00. The van der Waals surface area contributed by atoms with E-state index >= 15 is 0 Å². The monoisotopic (exact) mass is 230 g/mol. The molecule has 1 atom stereocenters. The first-order valence-corrected chi connectivity index (χ1v) is 7.24. The minimum atomic E-state index is 0.765. The molecule has 0 aromatic rings. The van der Waals surface area contributed by atoms with Crippen molar-refractivity contribution < 1.29 is 0 Å². The first-order valence-electron chi connectivity index (χ1n) is 6.19. The Kier molecular flexibility index (Phi) is 6.69. The van der Waals surface area contributed by atoms with Crippen LogP contribution in [0.15, 0.2) is 0 Å². The van der Waals surface area contributed by atoms with Gasteiger partial charge in [-0.15, -0.1) is 0 Å². The number of nitrogens with zero attached hydrogens (tertiary/aromatic N) is 1. The SMILES string of the molecule is CC(C)CNCCN(C)CC1CCCS1. The van der Waals surface area contributed by atoms with Gasteiger partial charge in [-0.2, -0.15) is 11.8 Å². The average molecular weight is 230 g/mol. The van der Waals surface area contributed by atoms with Gasteiger partial charge in [-0.05, 0) is 38.1 Å². The molecule has 1 saturated heterocycles. The lowest BCUT2D eigenvalue weighted by atomic mass is 10.2. The number of nitrogens with one attached hydrogen (secondary N) is 1. The highest BCUT2D eigenvalue weighted by Gasteiger charge is 2.16. The normalized spacial score (nSPS) is 21.8. The Balaban J connectivity index is 1.95. The Morgan fingerprint density at radius 3 is 2.87 bits per heavy atom. The summed E-state index contributed by atoms with van der Waals surface area (Å²) < 4.78 is 0. The number of hydrogen-bond donors (Lipinski definition) is 1. The molecule has 0 aromatic heterocycles. The molecular weight excluding hydrogens is 204 g/mol. The van der Waals surface area contributed by atoms with E-state index in [9.17, 15) is 0 Å². The standard InChI is InChI=1S/C12H26N2S/c1-11(2)9-13-6-7-14(3)10-12-5-4-8-15-12/h11-13H,4-10H2,1-3H3. The number of thioether (sulfide) groups is 1. The summed E-state index contributed by atoms with van der Waals surface area (Å²) in [5, 5.41) is 4.40. The van der Waals surface area contributed by atoms with Crippen molar-refractivity contribution in [3.63, 3.8) is 0 Å². The van der Waals surface area contributed by atoms with Gasteiger partial charge < -0.3 is 10.2 Å². The molecule has 1 aliphatic rings. The summed E-state index contributed by atoms with van der Waals surface area (Å²) in [6.45, 7) is 9.24. The molecule has 0 amide bonds. The van der Waals surface area contributed by atoms with Gasteiger partial charge in [0.1, 0.15) is 0 Å². The van der Waals surface area contributed by atoms with Crippen LogP contribution in [0, 0.1) is 5.92 Å². The van der Waals surface area contributed by atoms with Crippen LogP contribution in [0.5, 0.6) is 0 Å². The van der Waals surface area contributed by atoms with E-state index in [4.69, 9.17) is 0 Å². The van der Waals surface area contributed by atoms with Gasteiger partial charge in [-0.25, -0.2) is 0 Å². The van der Waals surface area contributed by atoms with Gasteiger partial charge in [-0.1, -0.05) is 13.8 Å². The van der Waals surface area contributed by atoms with Gasteiger partial charge >= 0.3 is 0 Å². The van der Waals surface area contributed by atoms with Crippen molar-refractivity contribution in [2.24, 2.45) is 5.92 Å². The van der Waals surface area contributed by atoms with Crippen molar-refractivity contribution in [3.05, 3.63) is 0 Å². The zero-order chi connectivity index (χ0) is 11.1. The number of hydrogen-bond acceptors (Lipinski definition) is 3. The predicted octanol–water partition coefficient (Wildman–Crippen LogP) is 2.06. The molecular formula is C12H26N2S. The minimum Gasteiger partial charge on any atom is -0.315 e. The molecule has 0 radical (unpaired) electrons. The van der Waals surface area contributed by atoms with Gasteiger partial charge in [0.25, 0.3) is 0 Å². The molecule has 0 spiro atoms. The Hall–Kier alpha value is 0.270. The van der Waals surface area contributed by atoms with E-state index in [1.165, 1.54) is 31.7 Å². The maximum absolute atomic E-state index is 3.49. The van der Waals surface area contributed by atoms with E-state index in [0.29, 0.717) is 0 Å². The van der Waals surface area contributed by atoms with E-state index in [1.54, 1.807) is 0 Å². The Morgan fingerprint density at radius 1 is 1.47 bits per heavy atom. The lowest BCUT2D eigenvalue weighted by Gasteiger charge is -2.20. The van der Waals surface area contributed by atoms with Crippen LogP contribution in [-0.2, 0) is 0 Å². The maximum Gasteiger partial charge on any atom is 0.0175 e. The third kappa shape index (κ3) is 6.44. The molecule has 3 heteroatoms. The highest BCUT2D eigenvalue weighted by Crippen LogP contribution is 2.26. The molecule has 2 nitrogen and oxygen atoms in total. The zero-order valence-electron chi connectivity index (χ0n) is 10.5. The largest absolute Gasteiger partial charge is 0.315 e. The lowest BCUT2D eigenvalue weighted by molar-refractivity contribution is 0.327. The van der Waals surface area contributed by atoms with E-state index < -0.39 is 0 Å². The van der Waals surface area contributed by atoms with Crippen molar-refractivity contribution in [3.8, 4) is 0 Å². The Labute approximate surface area is 99.2 Å². The van der Waals surface area contributed by atoms with E-state index in [2.05, 4.69) is 42.9 Å². The van der Waals surface area contributed by atoms with E-state index in [1.807, 2.05) is 0 Å². The smallest absolute Gasteiger partial charge is 0.0175 e. The van der Waals surface area contributed by atoms with Gasteiger partial charge in [0.2, 0.25) is 0 Å². The molecule has 1 rings (SSSR count). The summed E-state index contributed by atoms with van der Waals surface area (Å²) in [5.41, 5.74) is 0. The highest BCUT2D eigenvalue weighted by atomic mass is 32.2. The van der Waals surface area contributed by atoms with Gasteiger partial charge in [0, 0.05) is 24.9 Å². The van der Waals surface area contributed by atoms with Crippen LogP contribution in [0.2, 0.25) is 0 Å². The summed E-state index contributed by atoms with van der Waals surface area (Å²) in [4.78, 5) is 2.47. The van der Waals surface area contributed by atoms with Crippen molar-refractivity contribution in [2.75, 3.05) is 39.0 Å². The number of likely N-dealkylation sites (N-methyl/N-ethyl adjacent to an activating group) is 1. The second-order valence-corrected chi connectivity index (χ2v) is 6.40. The molecule has 1 fully saturated rings. The summed E-state index contributed by atoms with van der Waals surface area (Å²) >= 11 is 2.15. The molecule has 0 saturated carbocycles. The van der Waals surface area contributed by atoms with Crippen LogP contribution in [0.4, 0.5) is 0 Å². The Morgan fingerprint density at radius 2 is 2.27 bits per heavy atom. The van der Waals surface area contributed by atoms with Crippen LogP contribution in [0.25, 0.3) is 0 Å². The third-order valence-electron chi connectivity index (χ3n) is 2.76. The van der Waals surface area contributed by atoms with E-state index in [-0.39, 0.29) is 0 Å². The van der Waals surface area contributed by atoms with Gasteiger partial charge in [0.15, 0.2) is 0 Å². The number of rotatable bonds is 7. The Bertz CT molecular complexity index is 156. The third-order valence-corrected chi connectivity index (χ3v) is 4.14. The fourth-order valence-electron chi connectivity index (χ4n) is 1.89. The van der Waals surface area contributed by atoms with Crippen LogP contribution >= 0.6 is 11.8 Å². The van der Waals surface area contributed by atoms with Crippen LogP contribution < -0.4 is 5.32 Å². The molecule has 0 aromatic carbocycles. The van der Waals surface area contributed by atoms with Gasteiger partial charge in [-0.3, -0.25) is 0 Å². The van der Waals surface area contributed by atoms with Crippen molar-refractivity contribution >= 4 is 11.8 Å². The van der Waals surface area contributed by atoms with Gasteiger partial charge in [0.05, 0.1) is 0 Å². The molecule has 1 N–H and O–H groups in total. The average Bonchev–Trinajstić information content (AvgIpc) is 2.64. The highest BCUT2D eigenvalue weighted by molar-refractivity contribution is 8.00. The van der Waals surface area contributed by atoms with Crippen molar-refractivity contribution in [1.29, 1.82) is 0 Å². The zero-order valence-corrected chi connectivity index (χ0v) is 11.3. The van der Waals surface area contributed by atoms with Crippen LogP contribution in [-0.4, -0.2) is 49.1 Å². The van der Waals surface area contributed by atoms with E-state index in [0.717, 1.165) is 24.3 Å². The first-order chi connectivity index (χ1) is 7.18. The molecule has 1 aliphatic heterocycles. The lowest BCUT2D eigenvalue weighted by Crippen LogP contribution is -2.34. The van der Waals surface area contributed by atoms with Crippen LogP contribution in [0.3, 0.4) is 0 Å². The predicted molar refractivity (Wildman–Crippen MR) is 70.7 cm³/mol. The second kappa shape index (κ2) is 7.53.